The lowest BCUT2D eigenvalue weighted by Gasteiger charge is -2.27. The van der Waals surface area contributed by atoms with Crippen LogP contribution in [0.25, 0.3) is 0 Å². The van der Waals surface area contributed by atoms with Gasteiger partial charge in [0.05, 0.1) is 35.9 Å². The summed E-state index contributed by atoms with van der Waals surface area (Å²) in [5.41, 5.74) is 0.928. The summed E-state index contributed by atoms with van der Waals surface area (Å²) in [6.07, 6.45) is -0.120. The number of carbonyl (C=O) groups is 2. The number of carbonyl (C=O) groups excluding carboxylic acids is 2. The summed E-state index contributed by atoms with van der Waals surface area (Å²) in [5, 5.41) is 15.5. The van der Waals surface area contributed by atoms with Crippen molar-refractivity contribution in [1.82, 2.24) is 10.2 Å². The molecule has 1 aromatic rings. The Morgan fingerprint density at radius 1 is 1.33 bits per heavy atom. The SMILES string of the molecule is O=C(Nc1ccc(C(=O)N2CCOCC2)c(Cl)c1)C1CC(O)CN1. The first-order valence-electron chi connectivity index (χ1n) is 7.93. The van der Waals surface area contributed by atoms with E-state index in [1.807, 2.05) is 0 Å². The average molecular weight is 354 g/mol. The molecule has 3 N–H and O–H groups in total. The molecule has 2 saturated heterocycles. The van der Waals surface area contributed by atoms with Crippen molar-refractivity contribution in [2.24, 2.45) is 0 Å². The van der Waals surface area contributed by atoms with E-state index in [0.717, 1.165) is 0 Å². The van der Waals surface area contributed by atoms with Crippen LogP contribution in [0, 0.1) is 0 Å². The molecule has 0 saturated carbocycles. The largest absolute Gasteiger partial charge is 0.392 e. The third kappa shape index (κ3) is 3.87. The molecule has 2 aliphatic rings. The molecule has 2 fully saturated rings. The van der Waals surface area contributed by atoms with Gasteiger partial charge in [0, 0.05) is 25.3 Å². The molecule has 7 nitrogen and oxygen atoms in total. The summed E-state index contributed by atoms with van der Waals surface area (Å²) in [4.78, 5) is 26.3. The maximum absolute atomic E-state index is 12.5. The molecule has 0 spiro atoms. The van der Waals surface area contributed by atoms with E-state index in [-0.39, 0.29) is 11.8 Å². The Kier molecular flexibility index (Phi) is 5.35. The second-order valence-corrected chi connectivity index (χ2v) is 6.35. The van der Waals surface area contributed by atoms with Gasteiger partial charge in [0.15, 0.2) is 0 Å². The Hall–Kier alpha value is -1.67. The van der Waals surface area contributed by atoms with Crippen molar-refractivity contribution in [2.75, 3.05) is 38.2 Å². The first kappa shape index (κ1) is 17.2. The van der Waals surface area contributed by atoms with Gasteiger partial charge in [0.1, 0.15) is 0 Å². The van der Waals surface area contributed by atoms with E-state index in [4.69, 9.17) is 16.3 Å². The molecular weight excluding hydrogens is 334 g/mol. The first-order chi connectivity index (χ1) is 11.5. The number of nitrogens with one attached hydrogen (secondary N) is 2. The minimum absolute atomic E-state index is 0.137. The molecule has 2 unspecified atom stereocenters. The predicted octanol–water partition coefficient (Wildman–Crippen LogP) is 0.474. The Balaban J connectivity index is 1.65. The van der Waals surface area contributed by atoms with Gasteiger partial charge in [-0.2, -0.15) is 0 Å². The fraction of sp³-hybridized carbons (Fsp3) is 0.500. The van der Waals surface area contributed by atoms with Gasteiger partial charge in [-0.25, -0.2) is 0 Å². The fourth-order valence-electron chi connectivity index (χ4n) is 2.85. The number of rotatable bonds is 3. The topological polar surface area (TPSA) is 90.9 Å². The lowest BCUT2D eigenvalue weighted by Crippen LogP contribution is -2.40. The number of ether oxygens (including phenoxy) is 1. The van der Waals surface area contributed by atoms with Crippen LogP contribution < -0.4 is 10.6 Å². The average Bonchev–Trinajstić information content (AvgIpc) is 3.02. The summed E-state index contributed by atoms with van der Waals surface area (Å²) >= 11 is 6.22. The number of aliphatic hydroxyl groups excluding tert-OH is 1. The summed E-state index contributed by atoms with van der Waals surface area (Å²) in [6.45, 7) is 2.55. The Morgan fingerprint density at radius 2 is 2.08 bits per heavy atom. The van der Waals surface area contributed by atoms with E-state index in [2.05, 4.69) is 10.6 Å². The Labute approximate surface area is 144 Å². The van der Waals surface area contributed by atoms with Crippen LogP contribution in [0.3, 0.4) is 0 Å². The van der Waals surface area contributed by atoms with Gasteiger partial charge in [0.2, 0.25) is 5.91 Å². The quantitative estimate of drug-likeness (QED) is 0.735. The van der Waals surface area contributed by atoms with Gasteiger partial charge in [-0.15, -0.1) is 0 Å². The van der Waals surface area contributed by atoms with Crippen LogP contribution in [0.2, 0.25) is 5.02 Å². The number of anilines is 1. The number of amides is 2. The monoisotopic (exact) mass is 353 g/mol. The number of hydrogen-bond donors (Lipinski definition) is 3. The van der Waals surface area contributed by atoms with Crippen LogP contribution in [0.5, 0.6) is 0 Å². The smallest absolute Gasteiger partial charge is 0.255 e. The van der Waals surface area contributed by atoms with Gasteiger partial charge in [0.25, 0.3) is 5.91 Å². The molecule has 2 aliphatic heterocycles. The summed E-state index contributed by atoms with van der Waals surface area (Å²) in [5.74, 6) is -0.364. The zero-order valence-corrected chi connectivity index (χ0v) is 13.9. The molecule has 24 heavy (non-hydrogen) atoms. The molecule has 0 aliphatic carbocycles. The van der Waals surface area contributed by atoms with E-state index >= 15 is 0 Å². The number of nitrogens with zero attached hydrogens (tertiary/aromatic N) is 1. The van der Waals surface area contributed by atoms with Gasteiger partial charge < -0.3 is 25.4 Å². The maximum Gasteiger partial charge on any atom is 0.255 e. The molecular formula is C16H20ClN3O4. The second kappa shape index (κ2) is 7.48. The van der Waals surface area contributed by atoms with Crippen LogP contribution in [0.1, 0.15) is 16.8 Å². The molecule has 0 bridgehead atoms. The molecule has 2 amide bonds. The third-order valence-electron chi connectivity index (χ3n) is 4.19. The van der Waals surface area contributed by atoms with E-state index < -0.39 is 12.1 Å². The molecule has 2 heterocycles. The number of halogens is 1. The van der Waals surface area contributed by atoms with Crippen LogP contribution >= 0.6 is 11.6 Å². The molecule has 130 valence electrons. The zero-order chi connectivity index (χ0) is 17.1. The molecule has 0 radical (unpaired) electrons. The number of hydrogen-bond acceptors (Lipinski definition) is 5. The van der Waals surface area contributed by atoms with E-state index in [1.165, 1.54) is 0 Å². The van der Waals surface area contributed by atoms with Crippen LogP contribution in [-0.2, 0) is 9.53 Å². The third-order valence-corrected chi connectivity index (χ3v) is 4.50. The fourth-order valence-corrected chi connectivity index (χ4v) is 3.11. The number of β-amino-alcohol motifs (C(OH)–C–C–N with tert-alkyl or cyclic N) is 1. The Bertz CT molecular complexity index is 634. The van der Waals surface area contributed by atoms with Crippen molar-refractivity contribution in [1.29, 1.82) is 0 Å². The van der Waals surface area contributed by atoms with Crippen molar-refractivity contribution in [3.05, 3.63) is 28.8 Å². The van der Waals surface area contributed by atoms with Crippen molar-refractivity contribution >= 4 is 29.1 Å². The first-order valence-corrected chi connectivity index (χ1v) is 8.31. The highest BCUT2D eigenvalue weighted by atomic mass is 35.5. The van der Waals surface area contributed by atoms with Crippen LogP contribution in [0.15, 0.2) is 18.2 Å². The number of benzene rings is 1. The lowest BCUT2D eigenvalue weighted by molar-refractivity contribution is -0.117. The predicted molar refractivity (Wildman–Crippen MR) is 89.2 cm³/mol. The number of aliphatic hydroxyl groups is 1. The van der Waals surface area contributed by atoms with E-state index in [1.54, 1.807) is 23.1 Å². The molecule has 2 atom stereocenters. The van der Waals surface area contributed by atoms with E-state index in [0.29, 0.717) is 55.5 Å². The summed E-state index contributed by atoms with van der Waals surface area (Å²) in [7, 11) is 0. The summed E-state index contributed by atoms with van der Waals surface area (Å²) in [6, 6.07) is 4.42. The van der Waals surface area contributed by atoms with Crippen molar-refractivity contribution in [3.63, 3.8) is 0 Å². The maximum atomic E-state index is 12.5. The molecule has 0 aromatic heterocycles. The lowest BCUT2D eigenvalue weighted by atomic mass is 10.1. The van der Waals surface area contributed by atoms with E-state index in [9.17, 15) is 14.7 Å². The summed E-state index contributed by atoms with van der Waals surface area (Å²) < 4.78 is 5.24. The molecule has 8 heteroatoms. The Morgan fingerprint density at radius 3 is 2.71 bits per heavy atom. The molecule has 3 rings (SSSR count). The van der Waals surface area contributed by atoms with Crippen LogP contribution in [-0.4, -0.2) is 66.8 Å². The van der Waals surface area contributed by atoms with Crippen molar-refractivity contribution < 1.29 is 19.4 Å². The highest BCUT2D eigenvalue weighted by molar-refractivity contribution is 6.34. The minimum atomic E-state index is -0.502. The zero-order valence-electron chi connectivity index (χ0n) is 13.1. The molecule has 1 aromatic carbocycles. The van der Waals surface area contributed by atoms with Gasteiger partial charge >= 0.3 is 0 Å². The van der Waals surface area contributed by atoms with Crippen molar-refractivity contribution in [2.45, 2.75) is 18.6 Å². The second-order valence-electron chi connectivity index (χ2n) is 5.94. The normalized spacial score (nSPS) is 24.0. The standard InChI is InChI=1S/C16H20ClN3O4/c17-13-7-10(19-15(22)14-8-11(21)9-18-14)1-2-12(13)16(23)20-3-5-24-6-4-20/h1-2,7,11,14,18,21H,3-6,8-9H2,(H,19,22). The van der Waals surface area contributed by atoms with Gasteiger partial charge in [-0.05, 0) is 24.6 Å². The minimum Gasteiger partial charge on any atom is -0.392 e. The van der Waals surface area contributed by atoms with Crippen LogP contribution in [0.4, 0.5) is 5.69 Å². The van der Waals surface area contributed by atoms with Gasteiger partial charge in [-0.3, -0.25) is 9.59 Å². The van der Waals surface area contributed by atoms with Gasteiger partial charge in [-0.1, -0.05) is 11.6 Å². The highest BCUT2D eigenvalue weighted by Gasteiger charge is 2.28. The van der Waals surface area contributed by atoms with Crippen molar-refractivity contribution in [3.8, 4) is 0 Å². The highest BCUT2D eigenvalue weighted by Crippen LogP contribution is 2.23. The number of morpholine rings is 1.